The van der Waals surface area contributed by atoms with E-state index in [0.29, 0.717) is 0 Å². The average molecular weight is 727 g/mol. The zero-order valence-corrected chi connectivity index (χ0v) is 31.9. The molecular weight excluding hydrogens is 689 g/mol. The van der Waals surface area contributed by atoms with Gasteiger partial charge in [-0.15, -0.1) is 46.2 Å². The van der Waals surface area contributed by atoms with Crippen LogP contribution in [0, 0.1) is 86.9 Å². The Bertz CT molecular complexity index is 1530. The summed E-state index contributed by atoms with van der Waals surface area (Å²) in [5.74, 6) is 15.6. The first kappa shape index (κ1) is 38.0. The topological polar surface area (TPSA) is 0 Å². The molecule has 2 fully saturated rings. The minimum atomic E-state index is 0. The summed E-state index contributed by atoms with van der Waals surface area (Å²) < 4.78 is 0.475. The van der Waals surface area contributed by atoms with E-state index in [-0.39, 0.29) is 26.6 Å². The summed E-state index contributed by atoms with van der Waals surface area (Å²) in [4.78, 5) is 7.34. The maximum Gasteiger partial charge on any atom is 2.00 e. The Labute approximate surface area is 312 Å². The standard InChI is InChI=1S/2C21H19S2.Fe/c2*1-21(2,3)23-19-12-9-16(10-13-19)8-11-18-14-15-20(22-18)17-6-4-5-7-17;/h2*4-7,9-10,12-15H,1-3H3;/q;;+2. The minimum absolute atomic E-state index is 0. The number of rotatable bonds is 4. The largest absolute Gasteiger partial charge is 2.00 e. The fourth-order valence-electron chi connectivity index (χ4n) is 4.38. The minimum Gasteiger partial charge on any atom is -0.131 e. The molecule has 0 nitrogen and oxygen atoms in total. The summed E-state index contributed by atoms with van der Waals surface area (Å²) in [7, 11) is 0. The molecule has 2 aromatic heterocycles. The summed E-state index contributed by atoms with van der Waals surface area (Å²) in [5, 5.41) is 0. The van der Waals surface area contributed by atoms with Gasteiger partial charge in [-0.25, -0.2) is 0 Å². The molecule has 4 aromatic rings. The predicted octanol–water partition coefficient (Wildman–Crippen LogP) is 11.6. The molecule has 236 valence electrons. The van der Waals surface area contributed by atoms with E-state index in [9.17, 15) is 0 Å². The van der Waals surface area contributed by atoms with E-state index in [0.717, 1.165) is 20.9 Å². The first-order valence-corrected chi connectivity index (χ1v) is 18.5. The molecule has 5 heteroatoms. The normalized spacial score (nSPS) is 15.1. The molecule has 2 saturated carbocycles. The van der Waals surface area contributed by atoms with Gasteiger partial charge in [-0.3, -0.25) is 0 Å². The van der Waals surface area contributed by atoms with E-state index >= 15 is 0 Å². The third-order valence-electron chi connectivity index (χ3n) is 6.32. The molecule has 6 rings (SSSR count). The van der Waals surface area contributed by atoms with Gasteiger partial charge in [-0.2, -0.15) is 0 Å². The van der Waals surface area contributed by atoms with Crippen molar-refractivity contribution < 1.29 is 17.1 Å². The summed E-state index contributed by atoms with van der Waals surface area (Å²) in [6.45, 7) is 13.4. The Hall–Kier alpha value is -1.82. The first-order chi connectivity index (χ1) is 22.0. The Morgan fingerprint density at radius 2 is 0.787 bits per heavy atom. The van der Waals surface area contributed by atoms with Gasteiger partial charge in [0.25, 0.3) is 0 Å². The summed E-state index contributed by atoms with van der Waals surface area (Å²) in [6, 6.07) is 25.5. The smallest absolute Gasteiger partial charge is 0.131 e. The van der Waals surface area contributed by atoms with E-state index in [1.807, 2.05) is 23.5 Å². The van der Waals surface area contributed by atoms with Crippen LogP contribution in [0.1, 0.15) is 72.2 Å². The average Bonchev–Trinajstić information content (AvgIpc) is 3.83. The fraction of sp³-hybridized carbons (Fsp3) is 0.190. The van der Waals surface area contributed by atoms with Crippen LogP contribution in [0.4, 0.5) is 0 Å². The van der Waals surface area contributed by atoms with E-state index < -0.39 is 0 Å². The summed E-state index contributed by atoms with van der Waals surface area (Å²) in [5.41, 5.74) is 2.12. The van der Waals surface area contributed by atoms with Crippen molar-refractivity contribution in [1.82, 2.24) is 0 Å². The number of hydrogen-bond acceptors (Lipinski definition) is 4. The van der Waals surface area contributed by atoms with Gasteiger partial charge in [-0.05, 0) is 124 Å². The maximum atomic E-state index is 3.27. The van der Waals surface area contributed by atoms with Crippen LogP contribution in [0.25, 0.3) is 0 Å². The van der Waals surface area contributed by atoms with Crippen LogP contribution in [0.5, 0.6) is 0 Å². The Morgan fingerprint density at radius 1 is 0.447 bits per heavy atom. The quantitative estimate of drug-likeness (QED) is 0.117. The van der Waals surface area contributed by atoms with Gasteiger partial charge in [0.1, 0.15) is 0 Å². The molecule has 0 spiro atoms. The molecule has 0 atom stereocenters. The van der Waals surface area contributed by atoms with Gasteiger partial charge in [0, 0.05) is 52.0 Å². The first-order valence-electron chi connectivity index (χ1n) is 15.3. The van der Waals surface area contributed by atoms with Gasteiger partial charge >= 0.3 is 17.1 Å². The van der Waals surface area contributed by atoms with Crippen molar-refractivity contribution >= 4 is 46.2 Å². The van der Waals surface area contributed by atoms with Crippen LogP contribution in [0.15, 0.2) is 82.6 Å². The molecule has 2 aliphatic rings. The van der Waals surface area contributed by atoms with Crippen molar-refractivity contribution in [3.8, 4) is 23.7 Å². The predicted molar refractivity (Wildman–Crippen MR) is 204 cm³/mol. The van der Waals surface area contributed by atoms with Crippen LogP contribution < -0.4 is 0 Å². The third-order valence-corrected chi connectivity index (χ3v) is 10.7. The van der Waals surface area contributed by atoms with Crippen molar-refractivity contribution in [2.45, 2.75) is 60.8 Å². The maximum absolute atomic E-state index is 3.27. The van der Waals surface area contributed by atoms with Gasteiger partial charge in [0.2, 0.25) is 0 Å². The summed E-state index contributed by atoms with van der Waals surface area (Å²) >= 11 is 7.25. The van der Waals surface area contributed by atoms with E-state index in [1.54, 1.807) is 22.7 Å². The number of benzene rings is 2. The second-order valence-electron chi connectivity index (χ2n) is 12.7. The fourth-order valence-corrected chi connectivity index (χ4v) is 8.07. The van der Waals surface area contributed by atoms with Crippen molar-refractivity contribution in [3.63, 3.8) is 0 Å². The van der Waals surface area contributed by atoms with Crippen molar-refractivity contribution in [2.75, 3.05) is 0 Å². The molecule has 0 amide bonds. The van der Waals surface area contributed by atoms with Crippen molar-refractivity contribution in [2.24, 2.45) is 0 Å². The van der Waals surface area contributed by atoms with Crippen molar-refractivity contribution in [3.05, 3.63) is 167 Å². The Morgan fingerprint density at radius 3 is 1.11 bits per heavy atom. The molecule has 0 saturated heterocycles. The van der Waals surface area contributed by atoms with Gasteiger partial charge < -0.3 is 0 Å². The molecule has 0 bridgehead atoms. The van der Waals surface area contributed by atoms with Crippen LogP contribution >= 0.6 is 46.2 Å². The van der Waals surface area contributed by atoms with Crippen LogP contribution in [0.3, 0.4) is 0 Å². The number of hydrogen-bond donors (Lipinski definition) is 0. The molecule has 0 unspecified atom stereocenters. The zero-order chi connectivity index (χ0) is 32.6. The molecule has 47 heavy (non-hydrogen) atoms. The monoisotopic (exact) mass is 726 g/mol. The molecule has 10 radical (unpaired) electrons. The SMILES string of the molecule is CC(C)(C)Sc1ccc(C#Cc2ccc([C]3[CH][CH][CH][CH]3)s2)cc1.CC(C)(C)Sc1ccc(C#Cc2ccc([C]3[CH][CH][CH][CH]3)s2)cc1.[Fe+2]. The van der Waals surface area contributed by atoms with Crippen LogP contribution in [0.2, 0.25) is 0 Å². The van der Waals surface area contributed by atoms with Gasteiger partial charge in [0.15, 0.2) is 0 Å². The second-order valence-corrected chi connectivity index (χ2v) is 18.6. The van der Waals surface area contributed by atoms with E-state index in [4.69, 9.17) is 0 Å². The van der Waals surface area contributed by atoms with Crippen molar-refractivity contribution in [1.29, 1.82) is 0 Å². The van der Waals surface area contributed by atoms with Gasteiger partial charge in [-0.1, -0.05) is 65.2 Å². The van der Waals surface area contributed by atoms with Crippen LogP contribution in [-0.4, -0.2) is 9.49 Å². The number of thiophene rings is 2. The summed E-state index contributed by atoms with van der Waals surface area (Å²) in [6.07, 6.45) is 16.8. The molecule has 0 aliphatic heterocycles. The number of thioether (sulfide) groups is 2. The Balaban J connectivity index is 0.000000208. The molecular formula is C42H38FeS4+2. The molecule has 2 heterocycles. The molecule has 0 N–H and O–H groups in total. The van der Waals surface area contributed by atoms with E-state index in [2.05, 4.69) is 189 Å². The second kappa shape index (κ2) is 17.7. The molecule has 2 aromatic carbocycles. The van der Waals surface area contributed by atoms with Gasteiger partial charge in [0.05, 0.1) is 9.75 Å². The van der Waals surface area contributed by atoms with Crippen LogP contribution in [-0.2, 0) is 17.1 Å². The third kappa shape index (κ3) is 12.9. The van der Waals surface area contributed by atoms with E-state index in [1.165, 1.54) is 31.4 Å². The molecule has 2 aliphatic carbocycles. The Kier molecular flexibility index (Phi) is 14.3. The zero-order valence-electron chi connectivity index (χ0n) is 27.5.